The lowest BCUT2D eigenvalue weighted by atomic mass is 10.2. The number of rotatable bonds is 4. The van der Waals surface area contributed by atoms with Crippen LogP contribution in [0.2, 0.25) is 5.02 Å². The van der Waals surface area contributed by atoms with Crippen LogP contribution in [0.25, 0.3) is 0 Å². The summed E-state index contributed by atoms with van der Waals surface area (Å²) in [7, 11) is -3.26. The first-order chi connectivity index (χ1) is 10.8. The number of halogens is 2. The Bertz CT molecular complexity index is 681. The molecule has 0 atom stereocenters. The smallest absolute Gasteiger partial charge is 0.253 e. The summed E-state index contributed by atoms with van der Waals surface area (Å²) in [5.41, 5.74) is 0.307. The number of carbonyl (C=O) groups excluding carboxylic acids is 1. The fraction of sp³-hybridized carbons (Fsp3) is 0.533. The van der Waals surface area contributed by atoms with E-state index in [2.05, 4.69) is 0 Å². The summed E-state index contributed by atoms with van der Waals surface area (Å²) in [4.78, 5) is 14.1. The molecular formula is C15H20ClFN2O3S. The third-order valence-corrected chi connectivity index (χ3v) is 6.13. The summed E-state index contributed by atoms with van der Waals surface area (Å²) < 4.78 is 38.9. The van der Waals surface area contributed by atoms with Crippen molar-refractivity contribution in [2.24, 2.45) is 0 Å². The Kier molecular flexibility index (Phi) is 6.00. The van der Waals surface area contributed by atoms with Crippen LogP contribution in [0.3, 0.4) is 0 Å². The highest BCUT2D eigenvalue weighted by molar-refractivity contribution is 7.89. The van der Waals surface area contributed by atoms with Gasteiger partial charge in [0.1, 0.15) is 5.82 Å². The summed E-state index contributed by atoms with van der Waals surface area (Å²) in [6.07, 6.45) is 1.14. The van der Waals surface area contributed by atoms with E-state index in [1.807, 2.05) is 6.92 Å². The highest BCUT2D eigenvalue weighted by Gasteiger charge is 2.26. The van der Waals surface area contributed by atoms with Gasteiger partial charge in [0, 0.05) is 31.7 Å². The molecule has 0 unspecified atom stereocenters. The van der Waals surface area contributed by atoms with Crippen molar-refractivity contribution >= 4 is 27.5 Å². The average Bonchev–Trinajstić information content (AvgIpc) is 2.76. The monoisotopic (exact) mass is 362 g/mol. The van der Waals surface area contributed by atoms with Crippen LogP contribution in [0.15, 0.2) is 18.2 Å². The second-order valence-electron chi connectivity index (χ2n) is 5.49. The average molecular weight is 363 g/mol. The van der Waals surface area contributed by atoms with Crippen molar-refractivity contribution in [1.29, 1.82) is 0 Å². The molecule has 1 aliphatic rings. The minimum Gasteiger partial charge on any atom is -0.337 e. The maximum absolute atomic E-state index is 13.2. The molecule has 23 heavy (non-hydrogen) atoms. The van der Waals surface area contributed by atoms with Crippen molar-refractivity contribution in [2.75, 3.05) is 31.9 Å². The van der Waals surface area contributed by atoms with Gasteiger partial charge in [-0.25, -0.2) is 17.1 Å². The van der Waals surface area contributed by atoms with E-state index in [4.69, 9.17) is 11.6 Å². The zero-order valence-corrected chi connectivity index (χ0v) is 14.5. The Hall–Kier alpha value is -1.18. The first-order valence-electron chi connectivity index (χ1n) is 7.57. The summed E-state index contributed by atoms with van der Waals surface area (Å²) in [6, 6.07) is 3.85. The Labute approximate surface area is 141 Å². The van der Waals surface area contributed by atoms with Crippen LogP contribution in [-0.2, 0) is 10.0 Å². The number of hydrogen-bond donors (Lipinski definition) is 0. The normalized spacial score (nSPS) is 17.1. The second kappa shape index (κ2) is 7.59. The van der Waals surface area contributed by atoms with E-state index in [-0.39, 0.29) is 23.2 Å². The molecule has 1 aliphatic heterocycles. The topological polar surface area (TPSA) is 57.7 Å². The molecule has 1 aromatic carbocycles. The number of benzene rings is 1. The lowest BCUT2D eigenvalue weighted by molar-refractivity contribution is 0.0764. The molecule has 0 radical (unpaired) electrons. The zero-order valence-electron chi connectivity index (χ0n) is 13.0. The lowest BCUT2D eigenvalue weighted by Gasteiger charge is -2.22. The molecule has 0 saturated carbocycles. The Morgan fingerprint density at radius 2 is 2.00 bits per heavy atom. The largest absolute Gasteiger partial charge is 0.337 e. The standard InChI is InChI=1S/C15H20ClFN2O3S/c1-2-10-23(21,22)19-7-3-6-18(8-9-19)15(20)12-4-5-14(17)13(16)11-12/h4-5,11H,2-3,6-10H2,1H3. The van der Waals surface area contributed by atoms with E-state index in [1.165, 1.54) is 16.4 Å². The summed E-state index contributed by atoms with van der Waals surface area (Å²) >= 11 is 5.71. The Balaban J connectivity index is 2.08. The van der Waals surface area contributed by atoms with Crippen LogP contribution in [0.4, 0.5) is 4.39 Å². The maximum atomic E-state index is 13.2. The van der Waals surface area contributed by atoms with Crippen molar-refractivity contribution in [3.8, 4) is 0 Å². The number of carbonyl (C=O) groups is 1. The van der Waals surface area contributed by atoms with Crippen LogP contribution in [0, 0.1) is 5.82 Å². The number of amides is 1. The van der Waals surface area contributed by atoms with Gasteiger partial charge in [-0.05, 0) is 31.0 Å². The van der Waals surface area contributed by atoms with E-state index in [0.717, 1.165) is 6.07 Å². The molecule has 5 nitrogen and oxygen atoms in total. The van der Waals surface area contributed by atoms with Gasteiger partial charge in [0.2, 0.25) is 10.0 Å². The zero-order chi connectivity index (χ0) is 17.0. The van der Waals surface area contributed by atoms with Gasteiger partial charge in [-0.2, -0.15) is 0 Å². The molecule has 0 N–H and O–H groups in total. The van der Waals surface area contributed by atoms with Crippen molar-refractivity contribution in [3.63, 3.8) is 0 Å². The molecule has 2 rings (SSSR count). The molecule has 8 heteroatoms. The van der Waals surface area contributed by atoms with Gasteiger partial charge >= 0.3 is 0 Å². The van der Waals surface area contributed by atoms with Crippen LogP contribution in [0.1, 0.15) is 30.1 Å². The Morgan fingerprint density at radius 1 is 1.26 bits per heavy atom. The minimum absolute atomic E-state index is 0.0992. The second-order valence-corrected chi connectivity index (χ2v) is 7.99. The van der Waals surface area contributed by atoms with Crippen molar-refractivity contribution in [2.45, 2.75) is 19.8 Å². The first-order valence-corrected chi connectivity index (χ1v) is 9.56. The third kappa shape index (κ3) is 4.43. The molecule has 0 aliphatic carbocycles. The third-order valence-electron chi connectivity index (χ3n) is 3.76. The molecule has 128 valence electrons. The quantitative estimate of drug-likeness (QED) is 0.826. The van der Waals surface area contributed by atoms with Gasteiger partial charge in [-0.15, -0.1) is 0 Å². The highest BCUT2D eigenvalue weighted by atomic mass is 35.5. The van der Waals surface area contributed by atoms with Gasteiger partial charge < -0.3 is 4.90 Å². The van der Waals surface area contributed by atoms with E-state index >= 15 is 0 Å². The lowest BCUT2D eigenvalue weighted by Crippen LogP contribution is -2.38. The molecule has 1 fully saturated rings. The summed E-state index contributed by atoms with van der Waals surface area (Å²) in [5, 5.41) is -0.0992. The highest BCUT2D eigenvalue weighted by Crippen LogP contribution is 2.18. The van der Waals surface area contributed by atoms with Gasteiger partial charge in [0.05, 0.1) is 10.8 Å². The Morgan fingerprint density at radius 3 is 2.65 bits per heavy atom. The van der Waals surface area contributed by atoms with E-state index in [0.29, 0.717) is 38.0 Å². The van der Waals surface area contributed by atoms with Crippen molar-refractivity contribution < 1.29 is 17.6 Å². The van der Waals surface area contributed by atoms with Crippen LogP contribution < -0.4 is 0 Å². The molecule has 1 heterocycles. The minimum atomic E-state index is -3.26. The first kappa shape index (κ1) is 18.2. The van der Waals surface area contributed by atoms with Crippen LogP contribution >= 0.6 is 11.6 Å². The fourth-order valence-electron chi connectivity index (χ4n) is 2.57. The molecule has 1 saturated heterocycles. The van der Waals surface area contributed by atoms with Crippen molar-refractivity contribution in [1.82, 2.24) is 9.21 Å². The van der Waals surface area contributed by atoms with E-state index < -0.39 is 15.8 Å². The fourth-order valence-corrected chi connectivity index (χ4v) is 4.30. The summed E-state index contributed by atoms with van der Waals surface area (Å²) in [5.74, 6) is -0.716. The number of sulfonamides is 1. The van der Waals surface area contributed by atoms with E-state index in [1.54, 1.807) is 4.90 Å². The number of nitrogens with zero attached hydrogens (tertiary/aromatic N) is 2. The predicted molar refractivity (Wildman–Crippen MR) is 87.6 cm³/mol. The molecule has 0 aromatic heterocycles. The summed E-state index contributed by atoms with van der Waals surface area (Å²) in [6.45, 7) is 3.30. The maximum Gasteiger partial charge on any atom is 0.253 e. The predicted octanol–water partition coefficient (Wildman–Crippen LogP) is 2.37. The molecule has 1 amide bonds. The van der Waals surface area contributed by atoms with E-state index in [9.17, 15) is 17.6 Å². The SMILES string of the molecule is CCCS(=O)(=O)N1CCCN(C(=O)c2ccc(F)c(Cl)c2)CC1. The van der Waals surface area contributed by atoms with Gasteiger partial charge in [0.15, 0.2) is 0 Å². The van der Waals surface area contributed by atoms with Crippen LogP contribution in [-0.4, -0.2) is 55.5 Å². The van der Waals surface area contributed by atoms with Gasteiger partial charge in [0.25, 0.3) is 5.91 Å². The molecular weight excluding hydrogens is 343 g/mol. The number of hydrogen-bond acceptors (Lipinski definition) is 3. The van der Waals surface area contributed by atoms with Crippen LogP contribution in [0.5, 0.6) is 0 Å². The van der Waals surface area contributed by atoms with Gasteiger partial charge in [-0.1, -0.05) is 18.5 Å². The molecule has 0 spiro atoms. The van der Waals surface area contributed by atoms with Crippen molar-refractivity contribution in [3.05, 3.63) is 34.6 Å². The van der Waals surface area contributed by atoms with Gasteiger partial charge in [-0.3, -0.25) is 4.79 Å². The molecule has 0 bridgehead atoms. The molecule has 1 aromatic rings.